The topological polar surface area (TPSA) is 53.7 Å². The first-order chi connectivity index (χ1) is 13.1. The molecule has 0 amide bonds. The number of nitrogens with one attached hydrogen (secondary N) is 1. The normalized spacial score (nSPS) is 17.2. The molecule has 1 aliphatic rings. The number of hydrogen-bond acceptors (Lipinski definition) is 3. The van der Waals surface area contributed by atoms with Crippen molar-refractivity contribution < 1.29 is 4.52 Å². The van der Waals surface area contributed by atoms with E-state index < -0.39 is 0 Å². The number of benzene rings is 1. The van der Waals surface area contributed by atoms with E-state index in [1.165, 1.54) is 30.4 Å². The Morgan fingerprint density at radius 2 is 1.96 bits per heavy atom. The molecule has 0 radical (unpaired) electrons. The van der Waals surface area contributed by atoms with E-state index in [4.69, 9.17) is 4.52 Å². The first-order valence-corrected chi connectivity index (χ1v) is 10.0. The number of likely N-dealkylation sites (tertiary alicyclic amines) is 1. The SMILES string of the molecule is CN=C(NCC(C)c1c(C)noc1C)N1CCC(Cc2ccccc2)CC1. The third-order valence-electron chi connectivity index (χ3n) is 5.64. The van der Waals surface area contributed by atoms with Crippen LogP contribution in [0.5, 0.6) is 0 Å². The Bertz CT molecular complexity index is 725. The van der Waals surface area contributed by atoms with Gasteiger partial charge in [-0.3, -0.25) is 4.99 Å². The van der Waals surface area contributed by atoms with Gasteiger partial charge in [0.05, 0.1) is 5.69 Å². The fourth-order valence-corrected chi connectivity index (χ4v) is 4.17. The van der Waals surface area contributed by atoms with Crippen molar-refractivity contribution in [3.8, 4) is 0 Å². The van der Waals surface area contributed by atoms with E-state index in [2.05, 4.69) is 57.6 Å². The van der Waals surface area contributed by atoms with Gasteiger partial charge in [-0.2, -0.15) is 0 Å². The second kappa shape index (κ2) is 9.07. The molecule has 0 spiro atoms. The molecule has 0 saturated carbocycles. The highest BCUT2D eigenvalue weighted by Crippen LogP contribution is 2.23. The van der Waals surface area contributed by atoms with Crippen LogP contribution in [0.25, 0.3) is 0 Å². The first kappa shape index (κ1) is 19.5. The Labute approximate surface area is 162 Å². The van der Waals surface area contributed by atoms with Crippen LogP contribution in [0.2, 0.25) is 0 Å². The van der Waals surface area contributed by atoms with Crippen LogP contribution in [0, 0.1) is 19.8 Å². The second-order valence-electron chi connectivity index (χ2n) is 7.69. The molecule has 1 aliphatic heterocycles. The van der Waals surface area contributed by atoms with Crippen molar-refractivity contribution in [3.63, 3.8) is 0 Å². The van der Waals surface area contributed by atoms with Gasteiger partial charge < -0.3 is 14.7 Å². The van der Waals surface area contributed by atoms with Crippen molar-refractivity contribution >= 4 is 5.96 Å². The molecule has 0 bridgehead atoms. The first-order valence-electron chi connectivity index (χ1n) is 10.0. The lowest BCUT2D eigenvalue weighted by molar-refractivity contribution is 0.259. The largest absolute Gasteiger partial charge is 0.361 e. The smallest absolute Gasteiger partial charge is 0.193 e. The Morgan fingerprint density at radius 1 is 1.26 bits per heavy atom. The number of aryl methyl sites for hydroxylation is 2. The predicted octanol–water partition coefficient (Wildman–Crippen LogP) is 3.93. The van der Waals surface area contributed by atoms with Gasteiger partial charge in [0.15, 0.2) is 5.96 Å². The maximum Gasteiger partial charge on any atom is 0.193 e. The fraction of sp³-hybridized carbons (Fsp3) is 0.545. The van der Waals surface area contributed by atoms with Crippen LogP contribution >= 0.6 is 0 Å². The molecular weight excluding hydrogens is 336 g/mol. The number of hydrogen-bond donors (Lipinski definition) is 1. The van der Waals surface area contributed by atoms with Crippen LogP contribution in [-0.4, -0.2) is 42.7 Å². The van der Waals surface area contributed by atoms with Gasteiger partial charge in [-0.15, -0.1) is 0 Å². The van der Waals surface area contributed by atoms with Crippen molar-refractivity contribution in [2.75, 3.05) is 26.7 Å². The molecule has 5 heteroatoms. The molecule has 1 unspecified atom stereocenters. The van der Waals surface area contributed by atoms with Crippen LogP contribution in [0.1, 0.15) is 48.3 Å². The summed E-state index contributed by atoms with van der Waals surface area (Å²) in [6.45, 7) is 9.17. The van der Waals surface area contributed by atoms with Crippen molar-refractivity contribution in [2.45, 2.75) is 46.0 Å². The average molecular weight is 369 g/mol. The maximum absolute atomic E-state index is 5.31. The quantitative estimate of drug-likeness (QED) is 0.642. The van der Waals surface area contributed by atoms with Crippen molar-refractivity contribution in [1.82, 2.24) is 15.4 Å². The summed E-state index contributed by atoms with van der Waals surface area (Å²) >= 11 is 0. The van der Waals surface area contributed by atoms with Crippen molar-refractivity contribution in [1.29, 1.82) is 0 Å². The van der Waals surface area contributed by atoms with Crippen LogP contribution in [0.4, 0.5) is 0 Å². The lowest BCUT2D eigenvalue weighted by Gasteiger charge is -2.34. The maximum atomic E-state index is 5.31. The number of nitrogens with zero attached hydrogens (tertiary/aromatic N) is 3. The summed E-state index contributed by atoms with van der Waals surface area (Å²) in [5.74, 6) is 3.02. The number of piperidine rings is 1. The van der Waals surface area contributed by atoms with E-state index >= 15 is 0 Å². The molecule has 0 aliphatic carbocycles. The van der Waals surface area contributed by atoms with Crippen molar-refractivity contribution in [3.05, 3.63) is 52.9 Å². The van der Waals surface area contributed by atoms with Crippen LogP contribution in [0.15, 0.2) is 39.8 Å². The highest BCUT2D eigenvalue weighted by Gasteiger charge is 2.23. The zero-order chi connectivity index (χ0) is 19.2. The number of aliphatic imine (C=N–C) groups is 1. The van der Waals surface area contributed by atoms with E-state index in [9.17, 15) is 0 Å². The van der Waals surface area contributed by atoms with E-state index in [-0.39, 0.29) is 0 Å². The van der Waals surface area contributed by atoms with Crippen LogP contribution in [0.3, 0.4) is 0 Å². The van der Waals surface area contributed by atoms with Gasteiger partial charge in [0.2, 0.25) is 0 Å². The molecule has 1 atom stereocenters. The van der Waals surface area contributed by atoms with E-state index in [1.54, 1.807) is 0 Å². The summed E-state index contributed by atoms with van der Waals surface area (Å²) in [7, 11) is 1.87. The number of guanidine groups is 1. The molecular formula is C22H32N4O. The molecule has 1 saturated heterocycles. The third-order valence-corrected chi connectivity index (χ3v) is 5.64. The lowest BCUT2D eigenvalue weighted by Crippen LogP contribution is -2.46. The van der Waals surface area contributed by atoms with Crippen LogP contribution < -0.4 is 5.32 Å². The minimum atomic E-state index is 0.337. The van der Waals surface area contributed by atoms with E-state index in [1.807, 2.05) is 20.9 Å². The molecule has 3 rings (SSSR count). The van der Waals surface area contributed by atoms with Gasteiger partial charge >= 0.3 is 0 Å². The average Bonchev–Trinajstić information content (AvgIpc) is 3.02. The molecule has 1 N–H and O–H groups in total. The molecule has 1 aromatic carbocycles. The Morgan fingerprint density at radius 3 is 2.56 bits per heavy atom. The lowest BCUT2D eigenvalue weighted by atomic mass is 9.90. The summed E-state index contributed by atoms with van der Waals surface area (Å²) < 4.78 is 5.31. The van der Waals surface area contributed by atoms with Crippen molar-refractivity contribution in [2.24, 2.45) is 10.9 Å². The van der Waals surface area contributed by atoms with Gasteiger partial charge in [0.25, 0.3) is 0 Å². The summed E-state index contributed by atoms with van der Waals surface area (Å²) in [6, 6.07) is 10.8. The molecule has 146 valence electrons. The Balaban J connectivity index is 1.49. The molecule has 27 heavy (non-hydrogen) atoms. The van der Waals surface area contributed by atoms with Gasteiger partial charge in [0.1, 0.15) is 5.76 Å². The highest BCUT2D eigenvalue weighted by atomic mass is 16.5. The molecule has 2 aromatic rings. The van der Waals surface area contributed by atoms with Gasteiger partial charge in [-0.05, 0) is 44.6 Å². The Hall–Kier alpha value is -2.30. The standard InChI is InChI=1S/C22H32N4O/c1-16(21-17(2)25-27-18(21)3)15-24-22(23-4)26-12-10-20(11-13-26)14-19-8-6-5-7-9-19/h5-9,16,20H,10-15H2,1-4H3,(H,23,24). The molecule has 2 heterocycles. The number of rotatable bonds is 5. The van der Waals surface area contributed by atoms with Crippen LogP contribution in [-0.2, 0) is 6.42 Å². The summed E-state index contributed by atoms with van der Waals surface area (Å²) in [6.07, 6.45) is 3.62. The highest BCUT2D eigenvalue weighted by molar-refractivity contribution is 5.80. The zero-order valence-electron chi connectivity index (χ0n) is 17.0. The van der Waals surface area contributed by atoms with Gasteiger partial charge in [-0.25, -0.2) is 0 Å². The number of aromatic nitrogens is 1. The monoisotopic (exact) mass is 368 g/mol. The minimum Gasteiger partial charge on any atom is -0.361 e. The molecule has 1 aromatic heterocycles. The summed E-state index contributed by atoms with van der Waals surface area (Å²) in [4.78, 5) is 6.90. The molecule has 1 fully saturated rings. The zero-order valence-corrected chi connectivity index (χ0v) is 17.0. The summed E-state index contributed by atoms with van der Waals surface area (Å²) in [5, 5.41) is 7.63. The van der Waals surface area contributed by atoms with Gasteiger partial charge in [0, 0.05) is 38.2 Å². The minimum absolute atomic E-state index is 0.337. The van der Waals surface area contributed by atoms with E-state index in [0.29, 0.717) is 5.92 Å². The Kier molecular flexibility index (Phi) is 6.54. The van der Waals surface area contributed by atoms with Gasteiger partial charge in [-0.1, -0.05) is 42.4 Å². The molecule has 5 nitrogen and oxygen atoms in total. The second-order valence-corrected chi connectivity index (χ2v) is 7.69. The fourth-order valence-electron chi connectivity index (χ4n) is 4.17. The van der Waals surface area contributed by atoms with E-state index in [0.717, 1.165) is 43.0 Å². The summed E-state index contributed by atoms with van der Waals surface area (Å²) in [5.41, 5.74) is 3.64. The predicted molar refractivity (Wildman–Crippen MR) is 110 cm³/mol. The third kappa shape index (κ3) is 4.90.